The van der Waals surface area contributed by atoms with Crippen LogP contribution in [0.2, 0.25) is 0 Å². The van der Waals surface area contributed by atoms with Gasteiger partial charge in [0.2, 0.25) is 11.8 Å². The SMILES string of the molecule is CC[C@@H](C)[C@H](NC(=O)[C@@H](Cc1ccc(C(F)(F)F)cc1)NC(=O)OC(C)(C)C)C(=O)N1CCCC1C(=O)O. The maximum Gasteiger partial charge on any atom is 0.416 e. The number of halogens is 3. The Bertz CT molecular complexity index is 1010. The van der Waals surface area contributed by atoms with E-state index in [4.69, 9.17) is 4.74 Å². The van der Waals surface area contributed by atoms with E-state index in [1.165, 1.54) is 17.0 Å². The Morgan fingerprint density at radius 3 is 2.21 bits per heavy atom. The Balaban J connectivity index is 2.30. The van der Waals surface area contributed by atoms with Crippen molar-refractivity contribution in [3.8, 4) is 0 Å². The average Bonchev–Trinajstić information content (AvgIpc) is 3.30. The summed E-state index contributed by atoms with van der Waals surface area (Å²) in [5.41, 5.74) is -1.40. The number of aliphatic carboxylic acids is 1. The van der Waals surface area contributed by atoms with Crippen molar-refractivity contribution in [2.24, 2.45) is 5.92 Å². The molecule has 0 bridgehead atoms. The van der Waals surface area contributed by atoms with Crippen molar-refractivity contribution in [3.63, 3.8) is 0 Å². The molecule has 1 fully saturated rings. The first-order chi connectivity index (χ1) is 17.5. The fraction of sp³-hybridized carbons (Fsp3) is 0.615. The molecule has 1 heterocycles. The number of nitrogens with one attached hydrogen (secondary N) is 2. The molecule has 9 nitrogen and oxygen atoms in total. The highest BCUT2D eigenvalue weighted by molar-refractivity contribution is 5.93. The number of hydrogen-bond donors (Lipinski definition) is 3. The fourth-order valence-electron chi connectivity index (χ4n) is 4.13. The Kier molecular flexibility index (Phi) is 10.2. The second-order valence-electron chi connectivity index (χ2n) is 10.5. The number of alkyl halides is 3. The van der Waals surface area contributed by atoms with Gasteiger partial charge in [0.25, 0.3) is 0 Å². The summed E-state index contributed by atoms with van der Waals surface area (Å²) in [4.78, 5) is 52.1. The van der Waals surface area contributed by atoms with E-state index in [0.717, 1.165) is 12.1 Å². The maximum absolute atomic E-state index is 13.4. The number of rotatable bonds is 9. The van der Waals surface area contributed by atoms with Gasteiger partial charge in [0, 0.05) is 13.0 Å². The number of nitrogens with zero attached hydrogens (tertiary/aromatic N) is 1. The van der Waals surface area contributed by atoms with Crippen molar-refractivity contribution in [2.45, 2.75) is 90.2 Å². The molecule has 3 N–H and O–H groups in total. The molecule has 1 saturated heterocycles. The number of carboxylic acid groups (broad SMARTS) is 1. The molecule has 0 spiro atoms. The topological polar surface area (TPSA) is 125 Å². The van der Waals surface area contributed by atoms with E-state index in [1.807, 2.05) is 6.92 Å². The quantitative estimate of drug-likeness (QED) is 0.436. The lowest BCUT2D eigenvalue weighted by atomic mass is 9.96. The molecule has 0 radical (unpaired) electrons. The minimum absolute atomic E-state index is 0.175. The van der Waals surface area contributed by atoms with Crippen LogP contribution in [0, 0.1) is 5.92 Å². The number of carbonyl (C=O) groups excluding carboxylic acids is 3. The van der Waals surface area contributed by atoms with E-state index < -0.39 is 59.3 Å². The van der Waals surface area contributed by atoms with E-state index in [1.54, 1.807) is 27.7 Å². The van der Waals surface area contributed by atoms with Gasteiger partial charge in [0.1, 0.15) is 23.7 Å². The van der Waals surface area contributed by atoms with Crippen molar-refractivity contribution in [1.29, 1.82) is 0 Å². The summed E-state index contributed by atoms with van der Waals surface area (Å²) in [5.74, 6) is -2.78. The first-order valence-electron chi connectivity index (χ1n) is 12.5. The van der Waals surface area contributed by atoms with Crippen LogP contribution in [0.3, 0.4) is 0 Å². The number of carboxylic acids is 1. The predicted molar refractivity (Wildman–Crippen MR) is 132 cm³/mol. The van der Waals surface area contributed by atoms with Crippen LogP contribution in [0.4, 0.5) is 18.0 Å². The van der Waals surface area contributed by atoms with Crippen molar-refractivity contribution in [1.82, 2.24) is 15.5 Å². The number of likely N-dealkylation sites (tertiary alicyclic amines) is 1. The molecule has 38 heavy (non-hydrogen) atoms. The molecule has 1 aromatic rings. The van der Waals surface area contributed by atoms with Gasteiger partial charge in [-0.1, -0.05) is 32.4 Å². The van der Waals surface area contributed by atoms with Gasteiger partial charge < -0.3 is 25.4 Å². The maximum atomic E-state index is 13.4. The normalized spacial score (nSPS) is 18.3. The third-order valence-corrected chi connectivity index (χ3v) is 6.33. The average molecular weight is 544 g/mol. The zero-order chi connectivity index (χ0) is 28.8. The minimum Gasteiger partial charge on any atom is -0.480 e. The molecule has 1 aromatic carbocycles. The second-order valence-corrected chi connectivity index (χ2v) is 10.5. The molecule has 212 valence electrons. The van der Waals surface area contributed by atoms with Gasteiger partial charge in [-0.15, -0.1) is 0 Å². The third kappa shape index (κ3) is 8.63. The largest absolute Gasteiger partial charge is 0.480 e. The summed E-state index contributed by atoms with van der Waals surface area (Å²) in [7, 11) is 0. The number of alkyl carbamates (subject to hydrolysis) is 1. The third-order valence-electron chi connectivity index (χ3n) is 6.33. The standard InChI is InChI=1S/C26H36F3N3O6/c1-6-15(2)20(22(34)32-13-7-8-19(32)23(35)36)31-21(33)18(30-24(37)38-25(3,4)5)14-16-9-11-17(12-10-16)26(27,28)29/h9-12,15,18-20H,6-8,13-14H2,1-5H3,(H,30,37)(H,31,33)(H,35,36)/t15-,18-,19?,20+/m1/s1. The molecule has 0 aliphatic carbocycles. The highest BCUT2D eigenvalue weighted by atomic mass is 19.4. The van der Waals surface area contributed by atoms with Gasteiger partial charge in [-0.05, 0) is 57.2 Å². The van der Waals surface area contributed by atoms with E-state index in [2.05, 4.69) is 10.6 Å². The van der Waals surface area contributed by atoms with Crippen LogP contribution in [-0.2, 0) is 31.7 Å². The van der Waals surface area contributed by atoms with Crippen LogP contribution in [0.5, 0.6) is 0 Å². The van der Waals surface area contributed by atoms with Crippen molar-refractivity contribution >= 4 is 23.9 Å². The Hall–Kier alpha value is -3.31. The molecule has 0 aromatic heterocycles. The summed E-state index contributed by atoms with van der Waals surface area (Å²) in [6.07, 6.45) is -4.31. The Labute approximate surface area is 220 Å². The van der Waals surface area contributed by atoms with E-state index in [0.29, 0.717) is 24.8 Å². The predicted octanol–water partition coefficient (Wildman–Crippen LogP) is 3.75. The van der Waals surface area contributed by atoms with E-state index in [-0.39, 0.29) is 18.9 Å². The van der Waals surface area contributed by atoms with E-state index in [9.17, 15) is 37.5 Å². The lowest BCUT2D eigenvalue weighted by Gasteiger charge is -2.31. The molecule has 1 aliphatic rings. The van der Waals surface area contributed by atoms with Crippen LogP contribution in [0.25, 0.3) is 0 Å². The van der Waals surface area contributed by atoms with E-state index >= 15 is 0 Å². The lowest BCUT2D eigenvalue weighted by Crippen LogP contribution is -2.58. The van der Waals surface area contributed by atoms with Crippen LogP contribution < -0.4 is 10.6 Å². The number of carbonyl (C=O) groups is 4. The zero-order valence-corrected chi connectivity index (χ0v) is 22.2. The van der Waals surface area contributed by atoms with Gasteiger partial charge in [0.15, 0.2) is 0 Å². The molecule has 3 amide bonds. The highest BCUT2D eigenvalue weighted by Gasteiger charge is 2.40. The van der Waals surface area contributed by atoms with Crippen LogP contribution >= 0.6 is 0 Å². The van der Waals surface area contributed by atoms with Crippen LogP contribution in [-0.4, -0.2) is 64.2 Å². The highest BCUT2D eigenvalue weighted by Crippen LogP contribution is 2.29. The molecular formula is C26H36F3N3O6. The summed E-state index contributed by atoms with van der Waals surface area (Å²) in [6.45, 7) is 8.68. The van der Waals surface area contributed by atoms with Crippen molar-refractivity contribution in [2.75, 3.05) is 6.54 Å². The summed E-state index contributed by atoms with van der Waals surface area (Å²) in [5, 5.41) is 14.6. The Morgan fingerprint density at radius 2 is 1.71 bits per heavy atom. The molecule has 1 aliphatic heterocycles. The smallest absolute Gasteiger partial charge is 0.416 e. The van der Waals surface area contributed by atoms with Gasteiger partial charge in [0.05, 0.1) is 5.56 Å². The molecule has 2 rings (SSSR count). The number of ether oxygens (including phenoxy) is 1. The van der Waals surface area contributed by atoms with Crippen molar-refractivity contribution < 1.29 is 42.2 Å². The number of benzene rings is 1. The molecule has 1 unspecified atom stereocenters. The van der Waals surface area contributed by atoms with Gasteiger partial charge in [-0.2, -0.15) is 13.2 Å². The van der Waals surface area contributed by atoms with Crippen LogP contribution in [0.1, 0.15) is 65.0 Å². The fourth-order valence-corrected chi connectivity index (χ4v) is 4.13. The van der Waals surface area contributed by atoms with Gasteiger partial charge in [-0.25, -0.2) is 9.59 Å². The zero-order valence-electron chi connectivity index (χ0n) is 22.2. The van der Waals surface area contributed by atoms with Gasteiger partial charge >= 0.3 is 18.2 Å². The van der Waals surface area contributed by atoms with Gasteiger partial charge in [-0.3, -0.25) is 9.59 Å². The molecule has 0 saturated carbocycles. The Morgan fingerprint density at radius 1 is 1.11 bits per heavy atom. The molecule has 4 atom stereocenters. The summed E-state index contributed by atoms with van der Waals surface area (Å²) < 4.78 is 44.1. The summed E-state index contributed by atoms with van der Waals surface area (Å²) >= 11 is 0. The van der Waals surface area contributed by atoms with Crippen LogP contribution in [0.15, 0.2) is 24.3 Å². The monoisotopic (exact) mass is 543 g/mol. The first-order valence-corrected chi connectivity index (χ1v) is 12.5. The lowest BCUT2D eigenvalue weighted by molar-refractivity contribution is -0.150. The second kappa shape index (κ2) is 12.5. The van der Waals surface area contributed by atoms with Crippen molar-refractivity contribution in [3.05, 3.63) is 35.4 Å². The first kappa shape index (κ1) is 30.9. The minimum atomic E-state index is -4.53. The number of amides is 3. The summed E-state index contributed by atoms with van der Waals surface area (Å²) in [6, 6.07) is 0.829. The molecular weight excluding hydrogens is 507 g/mol. The number of hydrogen-bond acceptors (Lipinski definition) is 5. The molecule has 12 heteroatoms.